The Kier molecular flexibility index (Phi) is 7.86. The fraction of sp³-hybridized carbons (Fsp3) is 0.286. The molecular formula is C28H30ClN3O2. The van der Waals surface area contributed by atoms with Crippen molar-refractivity contribution in [2.45, 2.75) is 45.7 Å². The third-order valence-corrected chi connectivity index (χ3v) is 6.11. The van der Waals surface area contributed by atoms with E-state index < -0.39 is 0 Å². The molecule has 0 saturated carbocycles. The zero-order chi connectivity index (χ0) is 23.9. The van der Waals surface area contributed by atoms with Gasteiger partial charge in [-0.3, -0.25) is 4.79 Å². The molecule has 0 radical (unpaired) electrons. The Morgan fingerprint density at radius 3 is 2.47 bits per heavy atom. The molecule has 0 saturated heterocycles. The quantitative estimate of drug-likeness (QED) is 0.280. The zero-order valence-electron chi connectivity index (χ0n) is 19.6. The van der Waals surface area contributed by atoms with E-state index in [0.29, 0.717) is 18.1 Å². The lowest BCUT2D eigenvalue weighted by Crippen LogP contribution is -2.30. The first-order valence-corrected chi connectivity index (χ1v) is 12.1. The molecule has 0 aliphatic carbocycles. The van der Waals surface area contributed by atoms with Crippen LogP contribution in [0.15, 0.2) is 72.8 Å². The normalized spacial score (nSPS) is 12.0. The highest BCUT2D eigenvalue weighted by molar-refractivity contribution is 6.30. The summed E-state index contributed by atoms with van der Waals surface area (Å²) >= 11 is 5.95. The van der Waals surface area contributed by atoms with Gasteiger partial charge in [0.05, 0.1) is 30.1 Å². The SMILES string of the molecule is CCc1ccc(OCCCn2c(C(C)NC(=O)Cc3ccc(Cl)cc3)nc3ccccc32)cc1. The maximum atomic E-state index is 12.7. The number of hydrogen-bond donors (Lipinski definition) is 1. The number of nitrogens with one attached hydrogen (secondary N) is 1. The van der Waals surface area contributed by atoms with Crippen LogP contribution in [0.4, 0.5) is 0 Å². The van der Waals surface area contributed by atoms with Crippen molar-refractivity contribution in [1.82, 2.24) is 14.9 Å². The van der Waals surface area contributed by atoms with Gasteiger partial charge in [0, 0.05) is 11.6 Å². The van der Waals surface area contributed by atoms with Crippen molar-refractivity contribution in [2.75, 3.05) is 6.61 Å². The van der Waals surface area contributed by atoms with Gasteiger partial charge in [0.1, 0.15) is 11.6 Å². The topological polar surface area (TPSA) is 56.1 Å². The minimum absolute atomic E-state index is 0.0488. The molecule has 1 aromatic heterocycles. The average Bonchev–Trinajstić information content (AvgIpc) is 3.22. The fourth-order valence-corrected chi connectivity index (χ4v) is 4.16. The summed E-state index contributed by atoms with van der Waals surface area (Å²) in [5.41, 5.74) is 4.21. The summed E-state index contributed by atoms with van der Waals surface area (Å²) in [5, 5.41) is 3.76. The highest BCUT2D eigenvalue weighted by Gasteiger charge is 2.18. The Bertz CT molecular complexity index is 1230. The van der Waals surface area contributed by atoms with Gasteiger partial charge in [-0.05, 0) is 67.3 Å². The minimum Gasteiger partial charge on any atom is -0.494 e. The summed E-state index contributed by atoms with van der Waals surface area (Å²) in [6, 6.07) is 23.4. The predicted octanol–water partition coefficient (Wildman–Crippen LogP) is 6.14. The maximum absolute atomic E-state index is 12.7. The maximum Gasteiger partial charge on any atom is 0.224 e. The zero-order valence-corrected chi connectivity index (χ0v) is 20.4. The van der Waals surface area contributed by atoms with E-state index in [1.807, 2.05) is 49.4 Å². The Morgan fingerprint density at radius 1 is 1.03 bits per heavy atom. The van der Waals surface area contributed by atoms with E-state index in [9.17, 15) is 4.79 Å². The first-order valence-electron chi connectivity index (χ1n) is 11.7. The van der Waals surface area contributed by atoms with Crippen molar-refractivity contribution in [1.29, 1.82) is 0 Å². The van der Waals surface area contributed by atoms with E-state index in [2.05, 4.69) is 35.0 Å². The molecule has 1 heterocycles. The Morgan fingerprint density at radius 2 is 1.74 bits per heavy atom. The first-order chi connectivity index (χ1) is 16.5. The molecule has 5 nitrogen and oxygen atoms in total. The van der Waals surface area contributed by atoms with Gasteiger partial charge in [-0.2, -0.15) is 0 Å². The number of nitrogens with zero attached hydrogens (tertiary/aromatic N) is 2. The number of rotatable bonds is 10. The molecule has 0 fully saturated rings. The number of aromatic nitrogens is 2. The van der Waals surface area contributed by atoms with Crippen molar-refractivity contribution in [2.24, 2.45) is 0 Å². The van der Waals surface area contributed by atoms with Crippen LogP contribution in [0.25, 0.3) is 11.0 Å². The lowest BCUT2D eigenvalue weighted by atomic mass is 10.1. The number of ether oxygens (including phenoxy) is 1. The highest BCUT2D eigenvalue weighted by atomic mass is 35.5. The molecule has 0 bridgehead atoms. The number of para-hydroxylation sites is 2. The van der Waals surface area contributed by atoms with Gasteiger partial charge in [0.25, 0.3) is 0 Å². The molecule has 34 heavy (non-hydrogen) atoms. The monoisotopic (exact) mass is 475 g/mol. The summed E-state index contributed by atoms with van der Waals surface area (Å²) in [7, 11) is 0. The largest absolute Gasteiger partial charge is 0.494 e. The number of benzene rings is 3. The molecular weight excluding hydrogens is 446 g/mol. The minimum atomic E-state index is -0.227. The lowest BCUT2D eigenvalue weighted by Gasteiger charge is -2.17. The number of carbonyl (C=O) groups excluding carboxylic acids is 1. The van der Waals surface area contributed by atoms with Crippen molar-refractivity contribution in [3.8, 4) is 5.75 Å². The second kappa shape index (κ2) is 11.2. The molecule has 4 rings (SSSR count). The average molecular weight is 476 g/mol. The third kappa shape index (κ3) is 5.97. The van der Waals surface area contributed by atoms with Crippen molar-refractivity contribution in [3.05, 3.63) is 94.8 Å². The van der Waals surface area contributed by atoms with Gasteiger partial charge < -0.3 is 14.6 Å². The number of carbonyl (C=O) groups is 1. The summed E-state index contributed by atoms with van der Waals surface area (Å²) < 4.78 is 8.13. The molecule has 6 heteroatoms. The van der Waals surface area contributed by atoms with Gasteiger partial charge in [-0.1, -0.05) is 54.9 Å². The predicted molar refractivity (Wildman–Crippen MR) is 137 cm³/mol. The summed E-state index contributed by atoms with van der Waals surface area (Å²) in [6.07, 6.45) is 2.14. The van der Waals surface area contributed by atoms with Crippen molar-refractivity contribution < 1.29 is 9.53 Å². The summed E-state index contributed by atoms with van der Waals surface area (Å²) in [4.78, 5) is 17.5. The number of halogens is 1. The van der Waals surface area contributed by atoms with Crippen molar-refractivity contribution >= 4 is 28.5 Å². The molecule has 0 spiro atoms. The van der Waals surface area contributed by atoms with Crippen LogP contribution in [0.3, 0.4) is 0 Å². The third-order valence-electron chi connectivity index (χ3n) is 5.85. The van der Waals surface area contributed by atoms with E-state index in [1.165, 1.54) is 5.56 Å². The molecule has 176 valence electrons. The Labute approximate surface area is 205 Å². The second-order valence-electron chi connectivity index (χ2n) is 8.40. The van der Waals surface area contributed by atoms with Gasteiger partial charge in [-0.15, -0.1) is 0 Å². The molecule has 1 unspecified atom stereocenters. The molecule has 4 aromatic rings. The fourth-order valence-electron chi connectivity index (χ4n) is 4.04. The number of aryl methyl sites for hydroxylation is 2. The van der Waals surface area contributed by atoms with Crippen molar-refractivity contribution in [3.63, 3.8) is 0 Å². The van der Waals surface area contributed by atoms with Crippen LogP contribution in [0, 0.1) is 0 Å². The second-order valence-corrected chi connectivity index (χ2v) is 8.84. The van der Waals surface area contributed by atoms with Gasteiger partial charge >= 0.3 is 0 Å². The van der Waals surface area contributed by atoms with Crippen LogP contribution in [-0.4, -0.2) is 22.1 Å². The Balaban J connectivity index is 1.41. The van der Waals surface area contributed by atoms with Gasteiger partial charge in [0.15, 0.2) is 0 Å². The van der Waals surface area contributed by atoms with E-state index in [4.69, 9.17) is 21.3 Å². The number of fused-ring (bicyclic) bond motifs is 1. The Hall–Kier alpha value is -3.31. The smallest absolute Gasteiger partial charge is 0.224 e. The molecule has 1 amide bonds. The number of hydrogen-bond acceptors (Lipinski definition) is 3. The molecule has 1 atom stereocenters. The molecule has 1 N–H and O–H groups in total. The van der Waals surface area contributed by atoms with Crippen LogP contribution in [0.2, 0.25) is 5.02 Å². The highest BCUT2D eigenvalue weighted by Crippen LogP contribution is 2.22. The lowest BCUT2D eigenvalue weighted by molar-refractivity contribution is -0.121. The number of imidazole rings is 1. The van der Waals surface area contributed by atoms with Crippen LogP contribution in [0.1, 0.15) is 43.3 Å². The van der Waals surface area contributed by atoms with Crippen LogP contribution >= 0.6 is 11.6 Å². The standard InChI is InChI=1S/C28H30ClN3O2/c1-3-21-11-15-24(16-12-21)34-18-6-17-32-26-8-5-4-7-25(26)31-28(32)20(2)30-27(33)19-22-9-13-23(29)14-10-22/h4-5,7-16,20H,3,6,17-19H2,1-2H3,(H,30,33). The first kappa shape index (κ1) is 23.8. The molecule has 0 aliphatic heterocycles. The van der Waals surface area contributed by atoms with Crippen LogP contribution in [0.5, 0.6) is 5.75 Å². The van der Waals surface area contributed by atoms with Gasteiger partial charge in [-0.25, -0.2) is 4.98 Å². The molecule has 3 aromatic carbocycles. The van der Waals surface area contributed by atoms with Gasteiger partial charge in [0.2, 0.25) is 5.91 Å². The summed E-state index contributed by atoms with van der Waals surface area (Å²) in [5.74, 6) is 1.68. The van der Waals surface area contributed by atoms with E-state index >= 15 is 0 Å². The van der Waals surface area contributed by atoms with Crippen LogP contribution < -0.4 is 10.1 Å². The van der Waals surface area contributed by atoms with E-state index in [1.54, 1.807) is 12.1 Å². The molecule has 0 aliphatic rings. The van der Waals surface area contributed by atoms with Crippen LogP contribution in [-0.2, 0) is 24.2 Å². The number of amides is 1. The summed E-state index contributed by atoms with van der Waals surface area (Å²) in [6.45, 7) is 5.47. The van der Waals surface area contributed by atoms with E-state index in [-0.39, 0.29) is 11.9 Å². The van der Waals surface area contributed by atoms with E-state index in [0.717, 1.165) is 47.6 Å².